The molecular weight excluding hydrogens is 696 g/mol. The van der Waals surface area contributed by atoms with Crippen LogP contribution >= 0.6 is 11.6 Å². The standard InChI is InChI=1S/C42H51ClN2O8/c1-3-22-52-42-38(45(41(49)51-23-19-43)27-30-14-10-13-28-11-4-5-15-32(28)30)26-36(44-50-2)34-24-29(12-6-8-20-46)33(16-7-9-21-47)39(40(34)42)35-25-31(48)17-18-37(35)53-42/h3-5,10-11,13-15,17-18,24-25,29,33,38-40,46-48H,1,6-9,12,16,19-23,26-27H2,2H3/t29-,33+,38-,39+,40+,42+/m0/s1. The predicted molar refractivity (Wildman–Crippen MR) is 205 cm³/mol. The van der Waals surface area contributed by atoms with Crippen LogP contribution in [0.4, 0.5) is 4.79 Å². The van der Waals surface area contributed by atoms with E-state index in [1.807, 2.05) is 42.5 Å². The zero-order valence-corrected chi connectivity index (χ0v) is 31.1. The van der Waals surface area contributed by atoms with Crippen LogP contribution in [-0.4, -0.2) is 83.3 Å². The number of carbonyl (C=O) groups is 1. The number of allylic oxidation sites excluding steroid dienone is 1. The van der Waals surface area contributed by atoms with E-state index in [0.717, 1.165) is 53.2 Å². The molecule has 10 nitrogen and oxygen atoms in total. The molecule has 0 radical (unpaired) electrons. The molecule has 2 aliphatic carbocycles. The van der Waals surface area contributed by atoms with Crippen LogP contribution in [0.3, 0.4) is 0 Å². The maximum atomic E-state index is 14.4. The van der Waals surface area contributed by atoms with Crippen molar-refractivity contribution < 1.29 is 39.2 Å². The Morgan fingerprint density at radius 2 is 1.85 bits per heavy atom. The van der Waals surface area contributed by atoms with E-state index in [9.17, 15) is 20.1 Å². The average molecular weight is 747 g/mol. The molecule has 1 fully saturated rings. The van der Waals surface area contributed by atoms with Crippen LogP contribution in [0.1, 0.15) is 62.0 Å². The first-order chi connectivity index (χ1) is 25.9. The van der Waals surface area contributed by atoms with Gasteiger partial charge in [0, 0.05) is 31.1 Å². The SMILES string of the molecule is C=CCO[C@@]12Oc3ccc(O)cc3[C@H]3[C@H](CCCCO)[C@@H](CCCCO)C=C(C(=NOC)C[C@@H]1N(Cc1cccc4ccccc14)C(=O)OCCCl)[C@H]32. The van der Waals surface area contributed by atoms with Crippen LogP contribution < -0.4 is 4.74 Å². The lowest BCUT2D eigenvalue weighted by Gasteiger charge is -2.59. The first-order valence-electron chi connectivity index (χ1n) is 18.7. The number of phenolic OH excluding ortho intramolecular Hbond substituents is 1. The van der Waals surface area contributed by atoms with Gasteiger partial charge in [0.15, 0.2) is 0 Å². The lowest BCUT2D eigenvalue weighted by atomic mass is 9.55. The lowest BCUT2D eigenvalue weighted by molar-refractivity contribution is -0.256. The number of unbranched alkanes of at least 4 members (excludes halogenated alkanes) is 2. The molecule has 284 valence electrons. The summed E-state index contributed by atoms with van der Waals surface area (Å²) in [5.41, 5.74) is 3.36. The molecule has 3 aromatic rings. The number of hydrogen-bond donors (Lipinski definition) is 3. The highest BCUT2D eigenvalue weighted by Crippen LogP contribution is 2.62. The molecule has 1 saturated carbocycles. The van der Waals surface area contributed by atoms with Crippen molar-refractivity contribution in [3.05, 3.63) is 96.1 Å². The van der Waals surface area contributed by atoms with Crippen molar-refractivity contribution in [3.63, 3.8) is 0 Å². The van der Waals surface area contributed by atoms with Crippen molar-refractivity contribution in [3.8, 4) is 11.5 Å². The number of ether oxygens (including phenoxy) is 3. The summed E-state index contributed by atoms with van der Waals surface area (Å²) in [6, 6.07) is 18.5. The fourth-order valence-corrected chi connectivity index (χ4v) is 8.97. The summed E-state index contributed by atoms with van der Waals surface area (Å²) in [7, 11) is 1.52. The molecule has 0 saturated heterocycles. The van der Waals surface area contributed by atoms with E-state index in [-0.39, 0.29) is 68.8 Å². The van der Waals surface area contributed by atoms with Crippen molar-refractivity contribution in [2.24, 2.45) is 22.9 Å². The minimum absolute atomic E-state index is 0.0152. The van der Waals surface area contributed by atoms with Crippen molar-refractivity contribution in [1.82, 2.24) is 4.90 Å². The first-order valence-corrected chi connectivity index (χ1v) is 19.2. The molecule has 0 spiro atoms. The van der Waals surface area contributed by atoms with Crippen LogP contribution in [0.5, 0.6) is 11.5 Å². The minimum atomic E-state index is -1.45. The monoisotopic (exact) mass is 746 g/mol. The number of amides is 1. The van der Waals surface area contributed by atoms with Crippen molar-refractivity contribution in [2.75, 3.05) is 39.4 Å². The molecule has 0 aromatic heterocycles. The number of alkyl halides is 1. The third kappa shape index (κ3) is 7.92. The number of nitrogens with zero attached hydrogens (tertiary/aromatic N) is 2. The predicted octanol–water partition coefficient (Wildman–Crippen LogP) is 7.69. The largest absolute Gasteiger partial charge is 0.508 e. The van der Waals surface area contributed by atoms with E-state index in [1.165, 1.54) is 7.11 Å². The number of aromatic hydroxyl groups is 1. The highest BCUT2D eigenvalue weighted by molar-refractivity contribution is 6.18. The summed E-state index contributed by atoms with van der Waals surface area (Å²) in [5.74, 6) is -1.24. The van der Waals surface area contributed by atoms with Gasteiger partial charge in [0.1, 0.15) is 31.3 Å². The van der Waals surface area contributed by atoms with Gasteiger partial charge in [-0.15, -0.1) is 18.2 Å². The van der Waals surface area contributed by atoms with Gasteiger partial charge in [-0.2, -0.15) is 0 Å². The third-order valence-electron chi connectivity index (χ3n) is 11.0. The number of hydrogen-bond acceptors (Lipinski definition) is 9. The smallest absolute Gasteiger partial charge is 0.410 e. The van der Waals surface area contributed by atoms with Gasteiger partial charge in [0.2, 0.25) is 5.79 Å². The van der Waals surface area contributed by atoms with E-state index >= 15 is 0 Å². The maximum Gasteiger partial charge on any atom is 0.410 e. The average Bonchev–Trinajstić information content (AvgIpc) is 3.17. The zero-order valence-electron chi connectivity index (χ0n) is 30.4. The van der Waals surface area contributed by atoms with Crippen LogP contribution in [0.25, 0.3) is 10.8 Å². The van der Waals surface area contributed by atoms with Crippen molar-refractivity contribution in [2.45, 2.75) is 69.2 Å². The summed E-state index contributed by atoms with van der Waals surface area (Å²) in [5, 5.41) is 37.1. The molecule has 1 heterocycles. The van der Waals surface area contributed by atoms with Gasteiger partial charge in [-0.25, -0.2) is 4.79 Å². The maximum absolute atomic E-state index is 14.4. The third-order valence-corrected chi connectivity index (χ3v) is 11.1. The summed E-state index contributed by atoms with van der Waals surface area (Å²) in [6.07, 6.45) is 8.19. The molecule has 0 unspecified atom stereocenters. The normalized spacial score (nSPS) is 25.2. The molecule has 6 rings (SSSR count). The summed E-state index contributed by atoms with van der Waals surface area (Å²) >= 11 is 6.06. The second-order valence-electron chi connectivity index (χ2n) is 14.0. The van der Waals surface area contributed by atoms with E-state index < -0.39 is 23.8 Å². The Labute approximate surface area is 316 Å². The van der Waals surface area contributed by atoms with Crippen LogP contribution in [0.15, 0.2) is 90.1 Å². The van der Waals surface area contributed by atoms with Crippen molar-refractivity contribution >= 4 is 34.2 Å². The Bertz CT molecular complexity index is 1790. The van der Waals surface area contributed by atoms with E-state index in [2.05, 4.69) is 17.8 Å². The summed E-state index contributed by atoms with van der Waals surface area (Å²) in [6.45, 7) is 4.50. The van der Waals surface area contributed by atoms with Gasteiger partial charge in [0.05, 0.1) is 30.7 Å². The zero-order chi connectivity index (χ0) is 37.4. The van der Waals surface area contributed by atoms with Crippen molar-refractivity contribution in [1.29, 1.82) is 0 Å². The molecule has 11 heteroatoms. The second kappa shape index (κ2) is 17.8. The highest BCUT2D eigenvalue weighted by Gasteiger charge is 2.65. The van der Waals surface area contributed by atoms with Crippen LogP contribution in [0.2, 0.25) is 0 Å². The second-order valence-corrected chi connectivity index (χ2v) is 14.4. The fourth-order valence-electron chi connectivity index (χ4n) is 8.89. The van der Waals surface area contributed by atoms with Crippen LogP contribution in [0, 0.1) is 17.8 Å². The molecule has 1 amide bonds. The summed E-state index contributed by atoms with van der Waals surface area (Å²) < 4.78 is 19.9. The molecule has 53 heavy (non-hydrogen) atoms. The highest BCUT2D eigenvalue weighted by atomic mass is 35.5. The quantitative estimate of drug-likeness (QED) is 0.0555. The Balaban J connectivity index is 1.59. The Hall–Kier alpha value is -4.09. The van der Waals surface area contributed by atoms with E-state index in [4.69, 9.17) is 30.6 Å². The number of benzene rings is 3. The molecule has 6 atom stereocenters. The molecular formula is C42H51ClN2O8. The van der Waals surface area contributed by atoms with E-state index in [0.29, 0.717) is 24.3 Å². The minimum Gasteiger partial charge on any atom is -0.508 e. The van der Waals surface area contributed by atoms with Crippen LogP contribution in [-0.2, 0) is 20.9 Å². The Kier molecular flexibility index (Phi) is 13.0. The topological polar surface area (TPSA) is 130 Å². The van der Waals surface area contributed by atoms with E-state index in [1.54, 1.807) is 29.2 Å². The number of aliphatic hydroxyl groups excluding tert-OH is 2. The molecule has 1 aliphatic heterocycles. The lowest BCUT2D eigenvalue weighted by Crippen LogP contribution is -2.70. The number of fused-ring (bicyclic) bond motifs is 3. The molecule has 3 aliphatic rings. The van der Waals surface area contributed by atoms with Gasteiger partial charge in [-0.3, -0.25) is 4.90 Å². The molecule has 3 aromatic carbocycles. The number of carbonyl (C=O) groups excluding carboxylic acids is 1. The number of oxime groups is 1. The number of rotatable bonds is 17. The van der Waals surface area contributed by atoms with Gasteiger partial charge in [-0.1, -0.05) is 72.6 Å². The number of halogens is 1. The fraction of sp³-hybridized carbons (Fsp3) is 0.476. The Morgan fingerprint density at radius 1 is 1.08 bits per heavy atom. The summed E-state index contributed by atoms with van der Waals surface area (Å²) in [4.78, 5) is 21.6. The van der Waals surface area contributed by atoms with Gasteiger partial charge in [0.25, 0.3) is 0 Å². The first kappa shape index (κ1) is 38.6. The molecule has 3 N–H and O–H groups in total. The van der Waals surface area contributed by atoms with Gasteiger partial charge < -0.3 is 34.4 Å². The number of phenols is 1. The Morgan fingerprint density at radius 3 is 2.60 bits per heavy atom. The van der Waals surface area contributed by atoms with Gasteiger partial charge in [-0.05, 0) is 77.6 Å². The number of aliphatic hydroxyl groups is 2. The van der Waals surface area contributed by atoms with Gasteiger partial charge >= 0.3 is 6.09 Å². The molecule has 0 bridgehead atoms.